The topological polar surface area (TPSA) is 79.5 Å². The molecule has 1 amide bonds. The molecule has 1 spiro atoms. The van der Waals surface area contributed by atoms with E-state index >= 15 is 0 Å². The van der Waals surface area contributed by atoms with Crippen molar-refractivity contribution in [3.05, 3.63) is 88.6 Å². The lowest BCUT2D eigenvalue weighted by Gasteiger charge is -2.35. The summed E-state index contributed by atoms with van der Waals surface area (Å²) < 4.78 is 11.3. The molecule has 4 aromatic rings. The number of hydrogen-bond acceptors (Lipinski definition) is 5. The van der Waals surface area contributed by atoms with Crippen LogP contribution in [0.2, 0.25) is 0 Å². The van der Waals surface area contributed by atoms with Gasteiger partial charge in [-0.1, -0.05) is 42.5 Å². The van der Waals surface area contributed by atoms with Gasteiger partial charge in [0.2, 0.25) is 5.91 Å². The number of anilines is 1. The van der Waals surface area contributed by atoms with Crippen LogP contribution in [0, 0.1) is 0 Å². The van der Waals surface area contributed by atoms with E-state index < -0.39 is 5.41 Å². The van der Waals surface area contributed by atoms with E-state index in [-0.39, 0.29) is 24.0 Å². The number of amides is 1. The number of aromatic amines is 1. The molecule has 204 valence electrons. The molecule has 3 aliphatic rings. The number of nitrogens with zero attached hydrogens (tertiary/aromatic N) is 2. The molecule has 4 atom stereocenters. The summed E-state index contributed by atoms with van der Waals surface area (Å²) in [6.07, 6.45) is 5.52. The highest BCUT2D eigenvalue weighted by atomic mass is 16.5. The number of rotatable bonds is 6. The van der Waals surface area contributed by atoms with Gasteiger partial charge in [0.25, 0.3) is 0 Å². The van der Waals surface area contributed by atoms with Gasteiger partial charge in [0, 0.05) is 36.6 Å². The van der Waals surface area contributed by atoms with Crippen LogP contribution in [-0.2, 0) is 21.5 Å². The average Bonchev–Trinajstić information content (AvgIpc) is 3.48. The summed E-state index contributed by atoms with van der Waals surface area (Å²) in [4.78, 5) is 15.5. The maximum absolute atomic E-state index is 13.0. The minimum atomic E-state index is -0.509. The number of carbonyl (C=O) groups is 1. The number of H-pyrrole nitrogens is 1. The number of ether oxygens (including phenoxy) is 2. The maximum Gasteiger partial charge on any atom is 0.235 e. The third-order valence-electron chi connectivity index (χ3n) is 8.66. The van der Waals surface area contributed by atoms with Gasteiger partial charge in [-0.3, -0.25) is 14.8 Å². The molecule has 0 unspecified atom stereocenters. The summed E-state index contributed by atoms with van der Waals surface area (Å²) in [5.74, 6) is 0.987. The zero-order chi connectivity index (χ0) is 27.4. The highest BCUT2D eigenvalue weighted by molar-refractivity contribution is 6.10. The van der Waals surface area contributed by atoms with Gasteiger partial charge < -0.3 is 14.8 Å². The maximum atomic E-state index is 13.0. The quantitative estimate of drug-likeness (QED) is 0.330. The van der Waals surface area contributed by atoms with Crippen LogP contribution in [0.5, 0.6) is 5.75 Å². The Bertz CT molecular complexity index is 1610. The summed E-state index contributed by atoms with van der Waals surface area (Å²) >= 11 is 0. The van der Waals surface area contributed by atoms with E-state index in [1.165, 1.54) is 5.56 Å². The normalized spacial score (nSPS) is 26.0. The molecule has 7 heteroatoms. The smallest absolute Gasteiger partial charge is 0.235 e. The van der Waals surface area contributed by atoms with E-state index in [1.54, 1.807) is 7.11 Å². The second-order valence-electron chi connectivity index (χ2n) is 11.5. The van der Waals surface area contributed by atoms with E-state index in [0.29, 0.717) is 0 Å². The molecule has 2 fully saturated rings. The zero-order valence-corrected chi connectivity index (χ0v) is 23.1. The Morgan fingerprint density at radius 1 is 1.05 bits per heavy atom. The SMILES string of the molecule is COc1ccc2c(c1)[C@@]1(C[C@@H]1c1ccc3c(/C=C/c4ccc(CN5C[C@@H](C)O[C@@H](C)C5)cc4)n[nH]c3c1)C(=O)N2. The fraction of sp³-hybridized carbons (Fsp3) is 0.333. The minimum Gasteiger partial charge on any atom is -0.497 e. The molecule has 2 N–H and O–H groups in total. The first-order chi connectivity index (χ1) is 19.4. The van der Waals surface area contributed by atoms with Crippen molar-refractivity contribution in [2.75, 3.05) is 25.5 Å². The van der Waals surface area contributed by atoms with Crippen molar-refractivity contribution >= 4 is 34.6 Å². The number of benzene rings is 3. The molecule has 2 aliphatic heterocycles. The van der Waals surface area contributed by atoms with E-state index in [2.05, 4.69) is 88.9 Å². The lowest BCUT2D eigenvalue weighted by molar-refractivity contribution is -0.118. The molecule has 1 aliphatic carbocycles. The second kappa shape index (κ2) is 9.61. The van der Waals surface area contributed by atoms with Gasteiger partial charge in [-0.15, -0.1) is 0 Å². The van der Waals surface area contributed by atoms with E-state index in [9.17, 15) is 4.79 Å². The van der Waals surface area contributed by atoms with Gasteiger partial charge in [-0.25, -0.2) is 0 Å². The van der Waals surface area contributed by atoms with Gasteiger partial charge in [0.1, 0.15) is 5.75 Å². The molecule has 3 heterocycles. The Morgan fingerprint density at radius 2 is 1.85 bits per heavy atom. The third-order valence-corrected chi connectivity index (χ3v) is 8.66. The molecule has 7 rings (SSSR count). The molecule has 0 radical (unpaired) electrons. The largest absolute Gasteiger partial charge is 0.497 e. The van der Waals surface area contributed by atoms with Gasteiger partial charge in [-0.2, -0.15) is 5.10 Å². The van der Waals surface area contributed by atoms with Gasteiger partial charge in [-0.05, 0) is 72.9 Å². The van der Waals surface area contributed by atoms with Crippen molar-refractivity contribution in [3.63, 3.8) is 0 Å². The van der Waals surface area contributed by atoms with Crippen molar-refractivity contribution < 1.29 is 14.3 Å². The standard InChI is InChI=1S/C33H34N4O3/c1-20-17-37(18-21(2)40-20)19-23-6-4-22(5-7-23)8-12-29-26-11-9-24(14-31(26)36-35-29)28-16-33(28)27-15-25(39-3)10-13-30(27)34-32(33)38/h4-15,20-21,28H,16-19H2,1-3H3,(H,34,38)(H,35,36)/b12-8+/t20-,21+,28-,33-/m1/s1. The van der Waals surface area contributed by atoms with Crippen molar-refractivity contribution in [3.8, 4) is 5.75 Å². The summed E-state index contributed by atoms with van der Waals surface area (Å²) in [7, 11) is 1.66. The van der Waals surface area contributed by atoms with Gasteiger partial charge >= 0.3 is 0 Å². The van der Waals surface area contributed by atoms with E-state index in [4.69, 9.17) is 9.47 Å². The van der Waals surface area contributed by atoms with Crippen LogP contribution in [0.25, 0.3) is 23.1 Å². The molecule has 0 bridgehead atoms. The Labute approximate surface area is 234 Å². The molecule has 40 heavy (non-hydrogen) atoms. The first kappa shape index (κ1) is 25.1. The number of hydrogen-bond donors (Lipinski definition) is 2. The molecule has 7 nitrogen and oxygen atoms in total. The number of morpholine rings is 1. The highest BCUT2D eigenvalue weighted by Gasteiger charge is 2.65. The Morgan fingerprint density at radius 3 is 2.62 bits per heavy atom. The number of fused-ring (bicyclic) bond motifs is 3. The fourth-order valence-electron chi connectivity index (χ4n) is 6.68. The Kier molecular flexibility index (Phi) is 6.02. The number of carbonyl (C=O) groups excluding carboxylic acids is 1. The predicted octanol–water partition coefficient (Wildman–Crippen LogP) is 5.73. The summed E-state index contributed by atoms with van der Waals surface area (Å²) in [5.41, 5.74) is 6.90. The molecule has 1 saturated carbocycles. The first-order valence-corrected chi connectivity index (χ1v) is 14.1. The lowest BCUT2D eigenvalue weighted by atomic mass is 9.91. The van der Waals surface area contributed by atoms with Crippen molar-refractivity contribution in [2.45, 2.75) is 50.4 Å². The molecule has 3 aromatic carbocycles. The van der Waals surface area contributed by atoms with Crippen LogP contribution < -0.4 is 10.1 Å². The number of methoxy groups -OCH3 is 1. The molecular weight excluding hydrogens is 500 g/mol. The van der Waals surface area contributed by atoms with Gasteiger partial charge in [0.15, 0.2) is 0 Å². The summed E-state index contributed by atoms with van der Waals surface area (Å²) in [6.45, 7) is 7.16. The third kappa shape index (κ3) is 4.30. The van der Waals surface area contributed by atoms with Crippen molar-refractivity contribution in [1.82, 2.24) is 15.1 Å². The van der Waals surface area contributed by atoms with Crippen molar-refractivity contribution in [1.29, 1.82) is 0 Å². The lowest BCUT2D eigenvalue weighted by Crippen LogP contribution is -2.44. The number of nitrogens with one attached hydrogen (secondary N) is 2. The summed E-state index contributed by atoms with van der Waals surface area (Å²) in [6, 6.07) is 21.0. The minimum absolute atomic E-state index is 0.0779. The number of aromatic nitrogens is 2. The van der Waals surface area contributed by atoms with Crippen LogP contribution in [0.3, 0.4) is 0 Å². The zero-order valence-electron chi connectivity index (χ0n) is 23.1. The Hall–Kier alpha value is -3.94. The van der Waals surface area contributed by atoms with Crippen LogP contribution in [0.1, 0.15) is 54.1 Å². The van der Waals surface area contributed by atoms with Crippen LogP contribution in [0.15, 0.2) is 60.7 Å². The average molecular weight is 535 g/mol. The van der Waals surface area contributed by atoms with E-state index in [0.717, 1.165) is 70.8 Å². The van der Waals surface area contributed by atoms with Crippen molar-refractivity contribution in [2.24, 2.45) is 0 Å². The Balaban J connectivity index is 1.06. The molecule has 1 saturated heterocycles. The fourth-order valence-corrected chi connectivity index (χ4v) is 6.68. The highest BCUT2D eigenvalue weighted by Crippen LogP contribution is 2.65. The monoisotopic (exact) mass is 534 g/mol. The van der Waals surface area contributed by atoms with Gasteiger partial charge in [0.05, 0.1) is 35.9 Å². The first-order valence-electron chi connectivity index (χ1n) is 14.1. The second-order valence-corrected chi connectivity index (χ2v) is 11.5. The van der Waals surface area contributed by atoms with E-state index in [1.807, 2.05) is 18.2 Å². The van der Waals surface area contributed by atoms with Crippen LogP contribution >= 0.6 is 0 Å². The van der Waals surface area contributed by atoms with Crippen LogP contribution in [-0.4, -0.2) is 53.4 Å². The molecule has 1 aromatic heterocycles. The molecular formula is C33H34N4O3. The van der Waals surface area contributed by atoms with Crippen LogP contribution in [0.4, 0.5) is 5.69 Å². The summed E-state index contributed by atoms with van der Waals surface area (Å²) in [5, 5.41) is 11.9. The predicted molar refractivity (Wildman–Crippen MR) is 157 cm³/mol.